The average molecular weight is 367 g/mol. The highest BCUT2D eigenvalue weighted by Crippen LogP contribution is 2.31. The number of Topliss-reactive ketones (excluding diaryl/α,β-unsaturated/α-hetero) is 1. The number of rotatable bonds is 8. The number of halogens is 1. The molecule has 8 heteroatoms. The van der Waals surface area contributed by atoms with Crippen molar-refractivity contribution in [1.29, 1.82) is 0 Å². The molecule has 7 nitrogen and oxygen atoms in total. The number of ether oxygens (including phenoxy) is 2. The molecule has 1 aromatic rings. The number of likely N-dealkylation sites (tertiary alicyclic amines) is 1. The van der Waals surface area contributed by atoms with Crippen molar-refractivity contribution in [2.45, 2.75) is 19.3 Å². The Balaban J connectivity index is 1.93. The monoisotopic (exact) mass is 367 g/mol. The molecule has 1 unspecified atom stereocenters. The summed E-state index contributed by atoms with van der Waals surface area (Å²) >= 11 is 0. The number of hydrogen-bond donors (Lipinski definition) is 1. The molecule has 2 rings (SSSR count). The van der Waals surface area contributed by atoms with Crippen LogP contribution in [0.3, 0.4) is 0 Å². The first kappa shape index (κ1) is 19.8. The maximum Gasteiger partial charge on any atom is 0.313 e. The van der Waals surface area contributed by atoms with Crippen LogP contribution in [0.5, 0.6) is 5.75 Å². The second-order valence-corrected chi connectivity index (χ2v) is 6.36. The van der Waals surface area contributed by atoms with E-state index in [0.717, 1.165) is 6.07 Å². The number of amides is 1. The van der Waals surface area contributed by atoms with Gasteiger partial charge < -0.3 is 19.5 Å². The number of hydrogen-bond acceptors (Lipinski definition) is 5. The van der Waals surface area contributed by atoms with Crippen molar-refractivity contribution in [3.8, 4) is 5.75 Å². The van der Waals surface area contributed by atoms with Crippen LogP contribution >= 0.6 is 0 Å². The smallest absolute Gasteiger partial charge is 0.313 e. The lowest BCUT2D eigenvalue weighted by molar-refractivity contribution is -0.151. The predicted molar refractivity (Wildman–Crippen MR) is 89.7 cm³/mol. The Morgan fingerprint density at radius 1 is 1.27 bits per heavy atom. The number of ketones is 1. The van der Waals surface area contributed by atoms with Gasteiger partial charge >= 0.3 is 5.97 Å². The number of nitrogens with zero attached hydrogens (tertiary/aromatic N) is 1. The largest absolute Gasteiger partial charge is 0.494 e. The molecular formula is C18H22FNO6. The third-order valence-electron chi connectivity index (χ3n) is 4.62. The number of carbonyl (C=O) groups excluding carboxylic acids is 2. The fourth-order valence-electron chi connectivity index (χ4n) is 3.08. The third-order valence-corrected chi connectivity index (χ3v) is 4.62. The summed E-state index contributed by atoms with van der Waals surface area (Å²) in [5.41, 5.74) is -0.940. The van der Waals surface area contributed by atoms with Crippen molar-refractivity contribution in [2.24, 2.45) is 5.41 Å². The first-order valence-electron chi connectivity index (χ1n) is 8.20. The number of methoxy groups -OCH3 is 2. The van der Waals surface area contributed by atoms with Crippen molar-refractivity contribution < 1.29 is 33.4 Å². The summed E-state index contributed by atoms with van der Waals surface area (Å²) in [6.07, 6.45) is 0.167. The molecule has 0 radical (unpaired) electrons. The zero-order valence-electron chi connectivity index (χ0n) is 14.8. The minimum absolute atomic E-state index is 0.0240. The van der Waals surface area contributed by atoms with Crippen LogP contribution in [0.2, 0.25) is 0 Å². The Bertz CT molecular complexity index is 707. The molecule has 0 bridgehead atoms. The van der Waals surface area contributed by atoms with Crippen molar-refractivity contribution in [2.75, 3.05) is 33.9 Å². The van der Waals surface area contributed by atoms with E-state index in [4.69, 9.17) is 9.47 Å². The van der Waals surface area contributed by atoms with E-state index in [0.29, 0.717) is 13.0 Å². The van der Waals surface area contributed by atoms with Crippen molar-refractivity contribution in [3.05, 3.63) is 29.6 Å². The number of aliphatic carboxylic acids is 1. The van der Waals surface area contributed by atoms with Crippen molar-refractivity contribution in [3.63, 3.8) is 0 Å². The second kappa shape index (κ2) is 8.27. The molecule has 1 aromatic carbocycles. The fourth-order valence-corrected chi connectivity index (χ4v) is 3.08. The van der Waals surface area contributed by atoms with E-state index >= 15 is 0 Å². The van der Waals surface area contributed by atoms with Gasteiger partial charge in [-0.2, -0.15) is 0 Å². The topological polar surface area (TPSA) is 93.1 Å². The molecule has 1 saturated heterocycles. The molecule has 0 spiro atoms. The SMILES string of the molecule is COCC1(C(=O)O)CCN(C(=O)CCC(=O)c2ccc(OC)c(F)c2)C1. The van der Waals surface area contributed by atoms with Gasteiger partial charge in [0.15, 0.2) is 17.3 Å². The summed E-state index contributed by atoms with van der Waals surface area (Å²) in [5, 5.41) is 9.41. The van der Waals surface area contributed by atoms with Crippen LogP contribution in [0.15, 0.2) is 18.2 Å². The molecule has 1 amide bonds. The van der Waals surface area contributed by atoms with Gasteiger partial charge in [0.1, 0.15) is 5.41 Å². The summed E-state index contributed by atoms with van der Waals surface area (Å²) in [7, 11) is 2.75. The van der Waals surface area contributed by atoms with Crippen molar-refractivity contribution in [1.82, 2.24) is 4.90 Å². The normalized spacial score (nSPS) is 19.4. The highest BCUT2D eigenvalue weighted by atomic mass is 19.1. The Morgan fingerprint density at radius 3 is 2.58 bits per heavy atom. The predicted octanol–water partition coefficient (Wildman–Crippen LogP) is 1.75. The summed E-state index contributed by atoms with van der Waals surface area (Å²) in [6.45, 7) is 0.385. The number of carboxylic acid groups (broad SMARTS) is 1. The standard InChI is InChI=1S/C18H22FNO6/c1-25-11-18(17(23)24)7-8-20(10-18)16(22)6-4-14(21)12-3-5-15(26-2)13(19)9-12/h3,5,9H,4,6-8,10-11H2,1-2H3,(H,23,24). The van der Waals surface area contributed by atoms with Crippen LogP contribution in [-0.2, 0) is 14.3 Å². The third kappa shape index (κ3) is 4.19. The Kier molecular flexibility index (Phi) is 6.31. The van der Waals surface area contributed by atoms with Gasteiger partial charge in [-0.1, -0.05) is 0 Å². The lowest BCUT2D eigenvalue weighted by atomic mass is 9.88. The highest BCUT2D eigenvalue weighted by molar-refractivity contribution is 5.98. The zero-order chi connectivity index (χ0) is 19.3. The van der Waals surface area contributed by atoms with Crippen molar-refractivity contribution >= 4 is 17.7 Å². The van der Waals surface area contributed by atoms with Crippen LogP contribution < -0.4 is 4.74 Å². The average Bonchev–Trinajstić information content (AvgIpc) is 3.05. The number of benzene rings is 1. The maximum atomic E-state index is 13.7. The van der Waals surface area contributed by atoms with Crippen LogP contribution in [0.4, 0.5) is 4.39 Å². The second-order valence-electron chi connectivity index (χ2n) is 6.36. The summed E-state index contributed by atoms with van der Waals surface area (Å²) in [4.78, 5) is 37.4. The maximum absolute atomic E-state index is 13.7. The fraction of sp³-hybridized carbons (Fsp3) is 0.500. The van der Waals surface area contributed by atoms with Gasteiger partial charge in [-0.15, -0.1) is 0 Å². The Labute approximate surface area is 150 Å². The lowest BCUT2D eigenvalue weighted by Gasteiger charge is -2.23. The minimum atomic E-state index is -1.10. The molecule has 1 heterocycles. The first-order valence-corrected chi connectivity index (χ1v) is 8.20. The molecule has 1 aliphatic rings. The first-order chi connectivity index (χ1) is 12.3. The van der Waals surface area contributed by atoms with Gasteiger partial charge in [-0.05, 0) is 24.6 Å². The summed E-state index contributed by atoms with van der Waals surface area (Å²) in [5.74, 6) is -2.26. The van der Waals surface area contributed by atoms with Crippen LogP contribution in [0.25, 0.3) is 0 Å². The quantitative estimate of drug-likeness (QED) is 0.704. The molecule has 0 saturated carbocycles. The van der Waals surface area contributed by atoms with Gasteiger partial charge in [0, 0.05) is 38.6 Å². The molecule has 1 atom stereocenters. The minimum Gasteiger partial charge on any atom is -0.494 e. The van der Waals surface area contributed by atoms with Gasteiger partial charge in [-0.25, -0.2) is 4.39 Å². The zero-order valence-corrected chi connectivity index (χ0v) is 14.8. The van der Waals surface area contributed by atoms with E-state index in [1.165, 1.54) is 31.3 Å². The summed E-state index contributed by atoms with van der Waals surface area (Å²) in [6, 6.07) is 3.88. The van der Waals surface area contributed by atoms with E-state index < -0.39 is 17.2 Å². The molecule has 0 aliphatic carbocycles. The van der Waals surface area contributed by atoms with Crippen LogP contribution in [0.1, 0.15) is 29.6 Å². The summed E-state index contributed by atoms with van der Waals surface area (Å²) < 4.78 is 23.5. The van der Waals surface area contributed by atoms with Gasteiger partial charge in [0.05, 0.1) is 13.7 Å². The number of carbonyl (C=O) groups is 3. The molecule has 26 heavy (non-hydrogen) atoms. The van der Waals surface area contributed by atoms with Gasteiger partial charge in [0.25, 0.3) is 0 Å². The Hall–Kier alpha value is -2.48. The van der Waals surface area contributed by atoms with E-state index in [1.807, 2.05) is 0 Å². The molecule has 142 valence electrons. The molecule has 1 aliphatic heterocycles. The van der Waals surface area contributed by atoms with E-state index in [1.54, 1.807) is 0 Å². The van der Waals surface area contributed by atoms with Crippen LogP contribution in [-0.4, -0.2) is 61.6 Å². The highest BCUT2D eigenvalue weighted by Gasteiger charge is 2.46. The van der Waals surface area contributed by atoms with E-state index in [2.05, 4.69) is 0 Å². The molecular weight excluding hydrogens is 345 g/mol. The number of carboxylic acids is 1. The van der Waals surface area contributed by atoms with Crippen LogP contribution in [0, 0.1) is 11.2 Å². The molecule has 1 N–H and O–H groups in total. The lowest BCUT2D eigenvalue weighted by Crippen LogP contribution is -2.40. The van der Waals surface area contributed by atoms with Gasteiger partial charge in [0.2, 0.25) is 5.91 Å². The Morgan fingerprint density at radius 2 is 2.00 bits per heavy atom. The van der Waals surface area contributed by atoms with E-state index in [9.17, 15) is 23.9 Å². The molecule has 1 fully saturated rings. The van der Waals surface area contributed by atoms with Gasteiger partial charge in [-0.3, -0.25) is 14.4 Å². The molecule has 0 aromatic heterocycles. The van der Waals surface area contributed by atoms with E-state index in [-0.39, 0.29) is 49.0 Å².